The molecular formula is C18H34O8Si2. The fourth-order valence-corrected chi connectivity index (χ4v) is 7.89. The van der Waals surface area contributed by atoms with E-state index in [2.05, 4.69) is 0 Å². The molecule has 0 aliphatic carbocycles. The van der Waals surface area contributed by atoms with Crippen molar-refractivity contribution in [2.45, 2.75) is 76.9 Å². The molecule has 0 aliphatic rings. The quantitative estimate of drug-likeness (QED) is 0.161. The van der Waals surface area contributed by atoms with E-state index in [0.29, 0.717) is 12.8 Å². The van der Waals surface area contributed by atoms with Gasteiger partial charge in [0, 0.05) is 59.6 Å². The number of rotatable bonds is 15. The summed E-state index contributed by atoms with van der Waals surface area (Å²) < 4.78 is 20.4. The van der Waals surface area contributed by atoms with Gasteiger partial charge in [-0.2, -0.15) is 0 Å². The highest BCUT2D eigenvalue weighted by Crippen LogP contribution is 2.10. The Morgan fingerprint density at radius 3 is 1.29 bits per heavy atom. The highest BCUT2D eigenvalue weighted by molar-refractivity contribution is 6.42. The van der Waals surface area contributed by atoms with Crippen molar-refractivity contribution in [3.05, 3.63) is 0 Å². The third kappa shape index (κ3) is 17.7. The molecule has 0 aromatic rings. The van der Waals surface area contributed by atoms with Crippen LogP contribution in [0, 0.1) is 0 Å². The summed E-state index contributed by atoms with van der Waals surface area (Å²) in [7, 11) is -0.760. The first-order chi connectivity index (χ1) is 13.2. The van der Waals surface area contributed by atoms with Crippen molar-refractivity contribution in [3.8, 4) is 0 Å². The molecule has 0 saturated heterocycles. The van der Waals surface area contributed by atoms with E-state index in [1.54, 1.807) is 0 Å². The number of hydrogen-bond acceptors (Lipinski definition) is 8. The normalized spacial score (nSPS) is 13.4. The zero-order valence-electron chi connectivity index (χ0n) is 17.5. The van der Waals surface area contributed by atoms with Crippen molar-refractivity contribution < 1.29 is 38.1 Å². The van der Waals surface area contributed by atoms with Gasteiger partial charge >= 0.3 is 23.9 Å². The first-order valence-electron chi connectivity index (χ1n) is 9.81. The zero-order chi connectivity index (χ0) is 21.4. The number of hydrogen-bond donors (Lipinski definition) is 0. The molecule has 0 rings (SSSR count). The lowest BCUT2D eigenvalue weighted by atomic mass is 10.3. The molecule has 8 nitrogen and oxygen atoms in total. The monoisotopic (exact) mass is 434 g/mol. The molecule has 0 N–H and O–H groups in total. The van der Waals surface area contributed by atoms with E-state index in [-0.39, 0.29) is 68.3 Å². The van der Waals surface area contributed by atoms with Crippen LogP contribution in [-0.2, 0) is 38.1 Å². The SMILES string of the molecule is CC(=O)OCCC(C[SiH2]CC[SiH2]CC(CCOC(C)=O)OC(C)=O)OC(C)=O. The minimum absolute atomic E-state index is 0.178. The van der Waals surface area contributed by atoms with Gasteiger partial charge in [0.05, 0.1) is 13.2 Å². The van der Waals surface area contributed by atoms with Gasteiger partial charge in [-0.3, -0.25) is 19.2 Å². The van der Waals surface area contributed by atoms with E-state index in [4.69, 9.17) is 18.9 Å². The number of ether oxygens (including phenoxy) is 4. The highest BCUT2D eigenvalue weighted by atomic mass is 28.2. The Hall–Kier alpha value is -1.69. The molecule has 2 unspecified atom stereocenters. The maximum Gasteiger partial charge on any atom is 0.302 e. The van der Waals surface area contributed by atoms with Crippen LogP contribution in [-0.4, -0.2) is 68.3 Å². The Balaban J connectivity index is 4.05. The predicted molar refractivity (Wildman–Crippen MR) is 110 cm³/mol. The zero-order valence-corrected chi connectivity index (χ0v) is 20.3. The lowest BCUT2D eigenvalue weighted by Gasteiger charge is -2.17. The Kier molecular flexibility index (Phi) is 15.3. The molecule has 0 fully saturated rings. The molecule has 162 valence electrons. The van der Waals surface area contributed by atoms with Crippen molar-refractivity contribution >= 4 is 42.9 Å². The van der Waals surface area contributed by atoms with Gasteiger partial charge in [-0.1, -0.05) is 12.1 Å². The summed E-state index contributed by atoms with van der Waals surface area (Å²) in [5, 5.41) is 0. The maximum atomic E-state index is 11.2. The molecule has 0 saturated carbocycles. The molecular weight excluding hydrogens is 400 g/mol. The molecule has 0 aliphatic heterocycles. The van der Waals surface area contributed by atoms with Gasteiger partial charge in [-0.25, -0.2) is 0 Å². The van der Waals surface area contributed by atoms with Crippen LogP contribution in [0.4, 0.5) is 0 Å². The Bertz CT molecular complexity index is 454. The average molecular weight is 435 g/mol. The second-order valence-electron chi connectivity index (χ2n) is 6.71. The molecule has 0 bridgehead atoms. The molecule has 2 atom stereocenters. The van der Waals surface area contributed by atoms with Crippen LogP contribution < -0.4 is 0 Å². The minimum atomic E-state index is -0.380. The summed E-state index contributed by atoms with van der Waals surface area (Å²) >= 11 is 0. The van der Waals surface area contributed by atoms with Gasteiger partial charge in [0.25, 0.3) is 0 Å². The molecule has 10 heteroatoms. The Labute approximate surface area is 171 Å². The summed E-state index contributed by atoms with van der Waals surface area (Å²) in [6.45, 7) is 6.02. The first-order valence-corrected chi connectivity index (χ1v) is 13.8. The van der Waals surface area contributed by atoms with Gasteiger partial charge in [0.15, 0.2) is 0 Å². The molecule has 0 spiro atoms. The fraction of sp³-hybridized carbons (Fsp3) is 0.778. The van der Waals surface area contributed by atoms with Crippen LogP contribution in [0.1, 0.15) is 40.5 Å². The van der Waals surface area contributed by atoms with Crippen molar-refractivity contribution in [2.24, 2.45) is 0 Å². The third-order valence-corrected chi connectivity index (χ3v) is 9.06. The molecule has 0 heterocycles. The number of carbonyl (C=O) groups is 4. The summed E-state index contributed by atoms with van der Waals surface area (Å²) in [5.41, 5.74) is 0. The summed E-state index contributed by atoms with van der Waals surface area (Å²) in [5.74, 6) is -1.29. The molecule has 0 radical (unpaired) electrons. The van der Waals surface area contributed by atoms with Gasteiger partial charge in [0.2, 0.25) is 0 Å². The van der Waals surface area contributed by atoms with E-state index in [1.807, 2.05) is 0 Å². The summed E-state index contributed by atoms with van der Waals surface area (Å²) in [6.07, 6.45) is 0.716. The highest BCUT2D eigenvalue weighted by Gasteiger charge is 2.14. The van der Waals surface area contributed by atoms with Crippen LogP contribution in [0.3, 0.4) is 0 Å². The molecule has 28 heavy (non-hydrogen) atoms. The van der Waals surface area contributed by atoms with Crippen molar-refractivity contribution in [1.82, 2.24) is 0 Å². The van der Waals surface area contributed by atoms with Crippen LogP contribution in [0.2, 0.25) is 24.2 Å². The van der Waals surface area contributed by atoms with Gasteiger partial charge < -0.3 is 18.9 Å². The Morgan fingerprint density at radius 1 is 0.643 bits per heavy atom. The van der Waals surface area contributed by atoms with E-state index in [1.165, 1.54) is 27.7 Å². The minimum Gasteiger partial charge on any atom is -0.466 e. The molecule has 0 aromatic carbocycles. The standard InChI is InChI=1S/C18H34O8Si2/c1-13(19)23-7-5-17(25-15(3)21)11-27-9-10-28-12-18(26-16(4)22)6-8-24-14(2)20/h17-18H,5-12,27-28H2,1-4H3. The smallest absolute Gasteiger partial charge is 0.302 e. The van der Waals surface area contributed by atoms with Crippen LogP contribution in [0.5, 0.6) is 0 Å². The van der Waals surface area contributed by atoms with E-state index in [9.17, 15) is 19.2 Å². The van der Waals surface area contributed by atoms with E-state index in [0.717, 1.165) is 24.2 Å². The first kappa shape index (κ1) is 26.3. The van der Waals surface area contributed by atoms with E-state index >= 15 is 0 Å². The summed E-state index contributed by atoms with van der Waals surface area (Å²) in [4.78, 5) is 44.1. The topological polar surface area (TPSA) is 105 Å². The van der Waals surface area contributed by atoms with Gasteiger partial charge in [-0.15, -0.1) is 0 Å². The number of esters is 4. The average Bonchev–Trinajstić information content (AvgIpc) is 2.55. The third-order valence-electron chi connectivity index (χ3n) is 3.96. The second kappa shape index (κ2) is 16.3. The van der Waals surface area contributed by atoms with Crippen LogP contribution in [0.15, 0.2) is 0 Å². The van der Waals surface area contributed by atoms with Crippen molar-refractivity contribution in [2.75, 3.05) is 13.2 Å². The second-order valence-corrected chi connectivity index (χ2v) is 10.7. The lowest BCUT2D eigenvalue weighted by molar-refractivity contribution is -0.149. The lowest BCUT2D eigenvalue weighted by Crippen LogP contribution is -2.22. The largest absolute Gasteiger partial charge is 0.466 e. The van der Waals surface area contributed by atoms with Crippen molar-refractivity contribution in [1.29, 1.82) is 0 Å². The summed E-state index contributed by atoms with van der Waals surface area (Å²) in [6, 6.07) is 4.03. The van der Waals surface area contributed by atoms with Gasteiger partial charge in [-0.05, 0) is 12.1 Å². The Morgan fingerprint density at radius 2 is 1.00 bits per heavy atom. The number of carbonyl (C=O) groups excluding carboxylic acids is 4. The van der Waals surface area contributed by atoms with Gasteiger partial charge in [0.1, 0.15) is 12.2 Å². The van der Waals surface area contributed by atoms with Crippen molar-refractivity contribution in [3.63, 3.8) is 0 Å². The predicted octanol–water partition coefficient (Wildman–Crippen LogP) is 0.767. The van der Waals surface area contributed by atoms with E-state index < -0.39 is 0 Å². The molecule has 0 amide bonds. The molecule has 0 aromatic heterocycles. The van der Waals surface area contributed by atoms with Crippen LogP contribution >= 0.6 is 0 Å². The van der Waals surface area contributed by atoms with Crippen LogP contribution in [0.25, 0.3) is 0 Å². The maximum absolute atomic E-state index is 11.2. The fourth-order valence-electron chi connectivity index (χ4n) is 2.76.